The number of rotatable bonds is 8. The number of piperidine rings is 1. The predicted octanol–water partition coefficient (Wildman–Crippen LogP) is 3.82. The minimum absolute atomic E-state index is 0.0206. The van der Waals surface area contributed by atoms with Crippen LogP contribution in [-0.4, -0.2) is 47.1 Å². The summed E-state index contributed by atoms with van der Waals surface area (Å²) in [5.74, 6) is 0.800. The van der Waals surface area contributed by atoms with Crippen LogP contribution in [-0.2, 0) is 11.3 Å². The van der Waals surface area contributed by atoms with Crippen molar-refractivity contribution in [3.05, 3.63) is 58.5 Å². The lowest BCUT2D eigenvalue weighted by molar-refractivity contribution is -0.118. The molecule has 2 aliphatic rings. The fourth-order valence-electron chi connectivity index (χ4n) is 5.01. The Bertz CT molecular complexity index is 1100. The zero-order valence-corrected chi connectivity index (χ0v) is 20.8. The van der Waals surface area contributed by atoms with Crippen LogP contribution in [0.1, 0.15) is 51.6 Å². The van der Waals surface area contributed by atoms with Crippen molar-refractivity contribution < 1.29 is 14.3 Å². The van der Waals surface area contributed by atoms with Crippen LogP contribution in [0.15, 0.2) is 47.3 Å². The number of carbonyl (C=O) groups is 2. The van der Waals surface area contributed by atoms with Crippen LogP contribution in [0.4, 0.5) is 10.5 Å². The second-order valence-electron chi connectivity index (χ2n) is 9.99. The lowest BCUT2D eigenvalue weighted by Crippen LogP contribution is -2.56. The SMILES string of the molecule is CCCCOc1ccc(NC(=O)[C@@H](NC(=O)N2CC3CC(C2)c2cccc(=O)n2C3)C(C)C)cc1. The average Bonchev–Trinajstić information content (AvgIpc) is 2.84. The summed E-state index contributed by atoms with van der Waals surface area (Å²) >= 11 is 0. The van der Waals surface area contributed by atoms with E-state index >= 15 is 0 Å². The molecule has 0 spiro atoms. The molecule has 1 aromatic carbocycles. The molecule has 3 heterocycles. The fourth-order valence-corrected chi connectivity index (χ4v) is 5.01. The molecule has 3 atom stereocenters. The van der Waals surface area contributed by atoms with Gasteiger partial charge in [-0.25, -0.2) is 4.79 Å². The number of fused-ring (bicyclic) bond motifs is 4. The van der Waals surface area contributed by atoms with Crippen molar-refractivity contribution in [2.45, 2.75) is 58.5 Å². The average molecular weight is 481 g/mol. The number of benzene rings is 1. The first-order valence-electron chi connectivity index (χ1n) is 12.6. The maximum absolute atomic E-state index is 13.2. The first kappa shape index (κ1) is 24.8. The highest BCUT2D eigenvalue weighted by atomic mass is 16.5. The number of ether oxygens (including phenoxy) is 1. The number of anilines is 1. The second-order valence-corrected chi connectivity index (χ2v) is 9.99. The third kappa shape index (κ3) is 5.86. The smallest absolute Gasteiger partial charge is 0.318 e. The first-order chi connectivity index (χ1) is 16.9. The number of hydrogen-bond donors (Lipinski definition) is 2. The Morgan fingerprint density at radius 1 is 1.09 bits per heavy atom. The maximum Gasteiger partial charge on any atom is 0.318 e. The molecule has 188 valence electrons. The Morgan fingerprint density at radius 2 is 1.86 bits per heavy atom. The lowest BCUT2D eigenvalue weighted by Gasteiger charge is -2.43. The zero-order valence-electron chi connectivity index (χ0n) is 20.8. The van der Waals surface area contributed by atoms with Gasteiger partial charge in [0, 0.05) is 43.0 Å². The molecule has 0 saturated carbocycles. The number of unbranched alkanes of at least 4 members (excludes halogenated alkanes) is 1. The Morgan fingerprint density at radius 3 is 2.57 bits per heavy atom. The molecule has 35 heavy (non-hydrogen) atoms. The molecule has 4 rings (SSSR count). The van der Waals surface area contributed by atoms with Gasteiger partial charge in [-0.1, -0.05) is 33.3 Å². The Balaban J connectivity index is 1.37. The van der Waals surface area contributed by atoms with Crippen LogP contribution < -0.4 is 20.9 Å². The summed E-state index contributed by atoms with van der Waals surface area (Å²) in [6, 6.07) is 11.7. The summed E-state index contributed by atoms with van der Waals surface area (Å²) in [6.07, 6.45) is 3.04. The number of nitrogens with one attached hydrogen (secondary N) is 2. The molecule has 0 radical (unpaired) electrons. The van der Waals surface area contributed by atoms with Gasteiger partial charge in [0.25, 0.3) is 5.56 Å². The van der Waals surface area contributed by atoms with Gasteiger partial charge in [0.2, 0.25) is 5.91 Å². The summed E-state index contributed by atoms with van der Waals surface area (Å²) in [7, 11) is 0. The number of hydrogen-bond acceptors (Lipinski definition) is 4. The van der Waals surface area contributed by atoms with E-state index in [1.165, 1.54) is 0 Å². The Kier molecular flexibility index (Phi) is 7.78. The van der Waals surface area contributed by atoms with Gasteiger partial charge in [0.15, 0.2) is 0 Å². The summed E-state index contributed by atoms with van der Waals surface area (Å²) in [5, 5.41) is 5.88. The van der Waals surface area contributed by atoms with Crippen molar-refractivity contribution >= 4 is 17.6 Å². The van der Waals surface area contributed by atoms with Crippen LogP contribution in [0.3, 0.4) is 0 Å². The highest BCUT2D eigenvalue weighted by Crippen LogP contribution is 2.35. The predicted molar refractivity (Wildman–Crippen MR) is 136 cm³/mol. The van der Waals surface area contributed by atoms with Crippen molar-refractivity contribution in [1.82, 2.24) is 14.8 Å². The van der Waals surface area contributed by atoms with E-state index in [-0.39, 0.29) is 35.3 Å². The van der Waals surface area contributed by atoms with Gasteiger partial charge >= 0.3 is 6.03 Å². The monoisotopic (exact) mass is 480 g/mol. The highest BCUT2D eigenvalue weighted by molar-refractivity contribution is 5.97. The van der Waals surface area contributed by atoms with E-state index in [4.69, 9.17) is 4.74 Å². The quantitative estimate of drug-likeness (QED) is 0.562. The van der Waals surface area contributed by atoms with Gasteiger partial charge in [-0.15, -0.1) is 0 Å². The Labute approximate surface area is 206 Å². The van der Waals surface area contributed by atoms with E-state index in [0.717, 1.165) is 30.7 Å². The molecule has 0 aliphatic carbocycles. The number of amides is 3. The summed E-state index contributed by atoms with van der Waals surface area (Å²) in [4.78, 5) is 40.3. The molecule has 2 N–H and O–H groups in total. The molecule has 2 bridgehead atoms. The van der Waals surface area contributed by atoms with Gasteiger partial charge in [0.1, 0.15) is 11.8 Å². The van der Waals surface area contributed by atoms with Gasteiger partial charge in [-0.05, 0) is 55.0 Å². The van der Waals surface area contributed by atoms with Crippen molar-refractivity contribution in [1.29, 1.82) is 0 Å². The van der Waals surface area contributed by atoms with Gasteiger partial charge < -0.3 is 24.8 Å². The number of aromatic nitrogens is 1. The molecule has 1 aromatic heterocycles. The van der Waals surface area contributed by atoms with Gasteiger partial charge in [-0.3, -0.25) is 9.59 Å². The number of pyridine rings is 1. The minimum atomic E-state index is -0.667. The third-order valence-corrected chi connectivity index (χ3v) is 6.88. The third-order valence-electron chi connectivity index (χ3n) is 6.88. The van der Waals surface area contributed by atoms with Crippen molar-refractivity contribution in [3.63, 3.8) is 0 Å². The molecule has 8 nitrogen and oxygen atoms in total. The topological polar surface area (TPSA) is 92.7 Å². The van der Waals surface area contributed by atoms with Gasteiger partial charge in [0.05, 0.1) is 6.61 Å². The van der Waals surface area contributed by atoms with Crippen LogP contribution in [0.2, 0.25) is 0 Å². The molecular formula is C27H36N4O4. The fraction of sp³-hybridized carbons (Fsp3) is 0.519. The van der Waals surface area contributed by atoms with Crippen molar-refractivity contribution in [2.24, 2.45) is 11.8 Å². The summed E-state index contributed by atoms with van der Waals surface area (Å²) in [5.41, 5.74) is 1.67. The maximum atomic E-state index is 13.2. The number of likely N-dealkylation sites (tertiary alicyclic amines) is 1. The molecule has 2 aromatic rings. The van der Waals surface area contributed by atoms with E-state index < -0.39 is 6.04 Å². The number of carbonyl (C=O) groups excluding carboxylic acids is 2. The summed E-state index contributed by atoms with van der Waals surface area (Å²) in [6.45, 7) is 8.37. The molecular weight excluding hydrogens is 444 g/mol. The molecule has 3 amide bonds. The number of urea groups is 1. The lowest BCUT2D eigenvalue weighted by atomic mass is 9.83. The highest BCUT2D eigenvalue weighted by Gasteiger charge is 2.37. The molecule has 2 aliphatic heterocycles. The molecule has 1 saturated heterocycles. The van der Waals surface area contributed by atoms with Crippen LogP contribution in [0.5, 0.6) is 5.75 Å². The van der Waals surface area contributed by atoms with E-state index in [2.05, 4.69) is 17.6 Å². The summed E-state index contributed by atoms with van der Waals surface area (Å²) < 4.78 is 7.52. The zero-order chi connectivity index (χ0) is 24.9. The molecule has 2 unspecified atom stereocenters. The van der Waals surface area contributed by atoms with Crippen LogP contribution >= 0.6 is 0 Å². The number of nitrogens with zero attached hydrogens (tertiary/aromatic N) is 2. The second kappa shape index (κ2) is 11.0. The minimum Gasteiger partial charge on any atom is -0.494 e. The first-order valence-corrected chi connectivity index (χ1v) is 12.6. The van der Waals surface area contributed by atoms with Crippen molar-refractivity contribution in [2.75, 3.05) is 25.0 Å². The van der Waals surface area contributed by atoms with Crippen LogP contribution in [0.25, 0.3) is 0 Å². The van der Waals surface area contributed by atoms with E-state index in [0.29, 0.717) is 31.9 Å². The molecule has 1 fully saturated rings. The van der Waals surface area contributed by atoms with E-state index in [1.807, 2.05) is 48.7 Å². The molecule has 8 heteroatoms. The Hall–Kier alpha value is -3.29. The van der Waals surface area contributed by atoms with Crippen molar-refractivity contribution in [3.8, 4) is 5.75 Å². The van der Waals surface area contributed by atoms with Crippen LogP contribution in [0, 0.1) is 11.8 Å². The largest absolute Gasteiger partial charge is 0.494 e. The normalized spacial score (nSPS) is 19.6. The van der Waals surface area contributed by atoms with E-state index in [1.54, 1.807) is 17.0 Å². The van der Waals surface area contributed by atoms with Gasteiger partial charge in [-0.2, -0.15) is 0 Å². The standard InChI is InChI=1S/C27H36N4O4/c1-4-5-13-35-22-11-9-21(10-12-22)28-26(33)25(18(2)3)29-27(34)30-15-19-14-20(17-30)23-7-6-8-24(32)31(23)16-19/h6-12,18-20,25H,4-5,13-17H2,1-3H3,(H,28,33)(H,29,34)/t19?,20?,25-/m0/s1. The van der Waals surface area contributed by atoms with E-state index in [9.17, 15) is 14.4 Å².